The first-order chi connectivity index (χ1) is 12.2. The molecule has 1 aromatic rings. The molecule has 8 heteroatoms. The quantitative estimate of drug-likeness (QED) is 0.850. The van der Waals surface area contributed by atoms with Gasteiger partial charge in [-0.2, -0.15) is 0 Å². The van der Waals surface area contributed by atoms with Crippen molar-refractivity contribution in [2.45, 2.75) is 37.1 Å². The van der Waals surface area contributed by atoms with Crippen molar-refractivity contribution < 1.29 is 23.1 Å². The van der Waals surface area contributed by atoms with Crippen LogP contribution in [0.25, 0.3) is 0 Å². The summed E-state index contributed by atoms with van der Waals surface area (Å²) in [5.74, 6) is -1.52. The van der Waals surface area contributed by atoms with Crippen LogP contribution in [-0.4, -0.2) is 55.2 Å². The van der Waals surface area contributed by atoms with Crippen LogP contribution >= 0.6 is 0 Å². The maximum Gasteiger partial charge on any atom is 0.306 e. The molecule has 0 aromatic heterocycles. The van der Waals surface area contributed by atoms with Gasteiger partial charge in [0.15, 0.2) is 0 Å². The van der Waals surface area contributed by atoms with E-state index in [2.05, 4.69) is 0 Å². The van der Waals surface area contributed by atoms with Crippen molar-refractivity contribution >= 4 is 21.9 Å². The number of fused-ring (bicyclic) bond motifs is 1. The van der Waals surface area contributed by atoms with Crippen molar-refractivity contribution in [2.75, 3.05) is 20.6 Å². The summed E-state index contributed by atoms with van der Waals surface area (Å²) in [7, 11) is -0.511. The van der Waals surface area contributed by atoms with Gasteiger partial charge in [-0.05, 0) is 42.9 Å². The molecule has 1 aliphatic heterocycles. The van der Waals surface area contributed by atoms with Gasteiger partial charge in [-0.3, -0.25) is 9.59 Å². The van der Waals surface area contributed by atoms with Crippen LogP contribution in [0, 0.1) is 11.8 Å². The Morgan fingerprint density at radius 2 is 1.88 bits per heavy atom. The average Bonchev–Trinajstić information content (AvgIpc) is 3.10. The van der Waals surface area contributed by atoms with Gasteiger partial charge in [0, 0.05) is 33.1 Å². The van der Waals surface area contributed by atoms with E-state index in [1.807, 2.05) is 6.07 Å². The SMILES string of the molecule is CN(C)S(=O)(=O)c1cccc2c1CCN(C(=O)[C@@H]1CC[C@H](C(=O)O)C1)C2. The van der Waals surface area contributed by atoms with Gasteiger partial charge in [-0.15, -0.1) is 0 Å². The summed E-state index contributed by atoms with van der Waals surface area (Å²) in [5, 5.41) is 9.12. The van der Waals surface area contributed by atoms with Gasteiger partial charge in [0.25, 0.3) is 0 Å². The van der Waals surface area contributed by atoms with Crippen molar-refractivity contribution in [1.82, 2.24) is 9.21 Å². The standard InChI is InChI=1S/C18H24N2O5S/c1-19(2)26(24,25)16-5-3-4-14-11-20(9-8-15(14)16)17(21)12-6-7-13(10-12)18(22)23/h3-5,12-13H,6-11H2,1-2H3,(H,22,23)/t12-,13+/m1/s1. The second kappa shape index (κ2) is 7.00. The molecular formula is C18H24N2O5S. The lowest BCUT2D eigenvalue weighted by Crippen LogP contribution is -2.40. The molecule has 0 radical (unpaired) electrons. The maximum absolute atomic E-state index is 12.8. The summed E-state index contributed by atoms with van der Waals surface area (Å²) in [6.45, 7) is 0.833. The van der Waals surface area contributed by atoms with Crippen LogP contribution < -0.4 is 0 Å². The van der Waals surface area contributed by atoms with Crippen LogP contribution in [0.2, 0.25) is 0 Å². The van der Waals surface area contributed by atoms with Crippen molar-refractivity contribution in [3.05, 3.63) is 29.3 Å². The van der Waals surface area contributed by atoms with Gasteiger partial charge in [0.2, 0.25) is 15.9 Å². The van der Waals surface area contributed by atoms with Crippen LogP contribution in [0.1, 0.15) is 30.4 Å². The lowest BCUT2D eigenvalue weighted by Gasteiger charge is -2.32. The highest BCUT2D eigenvalue weighted by Gasteiger charge is 2.37. The van der Waals surface area contributed by atoms with Crippen molar-refractivity contribution in [3.8, 4) is 0 Å². The predicted octanol–water partition coefficient (Wildman–Crippen LogP) is 1.32. The van der Waals surface area contributed by atoms with Crippen LogP contribution in [0.15, 0.2) is 23.1 Å². The number of carboxylic acid groups (broad SMARTS) is 1. The molecule has 2 atom stereocenters. The topological polar surface area (TPSA) is 95.0 Å². The van der Waals surface area contributed by atoms with E-state index in [-0.39, 0.29) is 11.8 Å². The van der Waals surface area contributed by atoms with E-state index in [1.165, 1.54) is 18.4 Å². The van der Waals surface area contributed by atoms with Gasteiger partial charge in [-0.25, -0.2) is 12.7 Å². The summed E-state index contributed by atoms with van der Waals surface area (Å²) in [5.41, 5.74) is 1.63. The summed E-state index contributed by atoms with van der Waals surface area (Å²) in [6, 6.07) is 5.18. The Morgan fingerprint density at radius 1 is 1.19 bits per heavy atom. The van der Waals surface area contributed by atoms with Crippen LogP contribution in [0.3, 0.4) is 0 Å². The minimum atomic E-state index is -3.52. The third kappa shape index (κ3) is 3.35. The van der Waals surface area contributed by atoms with E-state index >= 15 is 0 Å². The number of carboxylic acids is 1. The average molecular weight is 380 g/mol. The molecule has 1 aliphatic carbocycles. The van der Waals surface area contributed by atoms with E-state index in [9.17, 15) is 18.0 Å². The first-order valence-corrected chi connectivity index (χ1v) is 10.2. The number of carbonyl (C=O) groups is 2. The number of hydrogen-bond acceptors (Lipinski definition) is 4. The minimum Gasteiger partial charge on any atom is -0.481 e. The highest BCUT2D eigenvalue weighted by molar-refractivity contribution is 7.89. The van der Waals surface area contributed by atoms with Gasteiger partial charge in [0.05, 0.1) is 10.8 Å². The third-order valence-corrected chi connectivity index (χ3v) is 7.32. The van der Waals surface area contributed by atoms with Crippen LogP contribution in [0.5, 0.6) is 0 Å². The van der Waals surface area contributed by atoms with Crippen LogP contribution in [-0.2, 0) is 32.6 Å². The van der Waals surface area contributed by atoms with Crippen molar-refractivity contribution in [1.29, 1.82) is 0 Å². The Labute approximate surface area is 153 Å². The molecule has 1 N–H and O–H groups in total. The van der Waals surface area contributed by atoms with E-state index in [0.717, 1.165) is 11.1 Å². The molecule has 1 fully saturated rings. The monoisotopic (exact) mass is 380 g/mol. The first kappa shape index (κ1) is 18.8. The molecule has 2 aliphatic rings. The van der Waals surface area contributed by atoms with E-state index in [1.54, 1.807) is 17.0 Å². The Bertz CT molecular complexity index is 834. The zero-order chi connectivity index (χ0) is 19.1. The molecule has 0 saturated heterocycles. The number of sulfonamides is 1. The van der Waals surface area contributed by atoms with E-state index in [4.69, 9.17) is 5.11 Å². The molecule has 1 aromatic carbocycles. The summed E-state index contributed by atoms with van der Waals surface area (Å²) >= 11 is 0. The molecule has 1 saturated carbocycles. The third-order valence-electron chi connectivity index (χ3n) is 5.42. The Morgan fingerprint density at radius 3 is 2.50 bits per heavy atom. The lowest BCUT2D eigenvalue weighted by atomic mass is 9.97. The Hall–Kier alpha value is -1.93. The summed E-state index contributed by atoms with van der Waals surface area (Å²) in [6.07, 6.45) is 2.03. The second-order valence-electron chi connectivity index (χ2n) is 7.24. The smallest absolute Gasteiger partial charge is 0.306 e. The maximum atomic E-state index is 12.8. The minimum absolute atomic E-state index is 0.0136. The molecule has 26 heavy (non-hydrogen) atoms. The fraction of sp³-hybridized carbons (Fsp3) is 0.556. The molecule has 142 valence electrons. The highest BCUT2D eigenvalue weighted by atomic mass is 32.2. The van der Waals surface area contributed by atoms with Crippen molar-refractivity contribution in [3.63, 3.8) is 0 Å². The molecule has 1 amide bonds. The van der Waals surface area contributed by atoms with Gasteiger partial charge in [0.1, 0.15) is 0 Å². The highest BCUT2D eigenvalue weighted by Crippen LogP contribution is 2.34. The number of amides is 1. The largest absolute Gasteiger partial charge is 0.481 e. The molecule has 1 heterocycles. The second-order valence-corrected chi connectivity index (χ2v) is 9.36. The Kier molecular flexibility index (Phi) is 5.07. The fourth-order valence-electron chi connectivity index (χ4n) is 3.89. The summed E-state index contributed by atoms with van der Waals surface area (Å²) in [4.78, 5) is 25.9. The number of benzene rings is 1. The Balaban J connectivity index is 1.79. The molecule has 0 spiro atoms. The molecule has 7 nitrogen and oxygen atoms in total. The van der Waals surface area contributed by atoms with E-state index < -0.39 is 21.9 Å². The zero-order valence-electron chi connectivity index (χ0n) is 15.0. The van der Waals surface area contributed by atoms with Gasteiger partial charge in [-0.1, -0.05) is 12.1 Å². The number of aliphatic carboxylic acids is 1. The molecular weight excluding hydrogens is 356 g/mol. The van der Waals surface area contributed by atoms with Crippen LogP contribution in [0.4, 0.5) is 0 Å². The van der Waals surface area contributed by atoms with Gasteiger partial charge < -0.3 is 10.0 Å². The fourth-order valence-corrected chi connectivity index (χ4v) is 5.08. The first-order valence-electron chi connectivity index (χ1n) is 8.76. The lowest BCUT2D eigenvalue weighted by molar-refractivity contribution is -0.141. The number of hydrogen-bond donors (Lipinski definition) is 1. The van der Waals surface area contributed by atoms with Crippen molar-refractivity contribution in [2.24, 2.45) is 11.8 Å². The normalized spacial score (nSPS) is 23.1. The molecule has 3 rings (SSSR count). The number of carbonyl (C=O) groups excluding carboxylic acids is 1. The zero-order valence-corrected chi connectivity index (χ0v) is 15.8. The van der Waals surface area contributed by atoms with E-state index in [0.29, 0.717) is 43.7 Å². The number of nitrogens with zero attached hydrogens (tertiary/aromatic N) is 2. The molecule has 0 bridgehead atoms. The predicted molar refractivity (Wildman–Crippen MR) is 94.9 cm³/mol. The summed E-state index contributed by atoms with van der Waals surface area (Å²) < 4.78 is 26.2. The van der Waals surface area contributed by atoms with Gasteiger partial charge >= 0.3 is 5.97 Å². The number of rotatable bonds is 4. The molecule has 0 unspecified atom stereocenters.